The van der Waals surface area contributed by atoms with Crippen molar-refractivity contribution in [3.63, 3.8) is 0 Å². The van der Waals surface area contributed by atoms with Gasteiger partial charge in [0, 0.05) is 41.5 Å². The van der Waals surface area contributed by atoms with E-state index < -0.39 is 0 Å². The zero-order valence-corrected chi connectivity index (χ0v) is 11.8. The van der Waals surface area contributed by atoms with Gasteiger partial charge in [0.1, 0.15) is 0 Å². The molecule has 1 saturated heterocycles. The van der Waals surface area contributed by atoms with Crippen LogP contribution in [0.25, 0.3) is 10.9 Å². The first-order chi connectivity index (χ1) is 9.19. The van der Waals surface area contributed by atoms with Gasteiger partial charge in [-0.1, -0.05) is 12.1 Å². The second kappa shape index (κ2) is 4.90. The summed E-state index contributed by atoms with van der Waals surface area (Å²) < 4.78 is 0.915. The molecule has 0 spiro atoms. The Bertz CT molecular complexity index is 644. The van der Waals surface area contributed by atoms with Crippen LogP contribution in [0, 0.1) is 5.92 Å². The summed E-state index contributed by atoms with van der Waals surface area (Å²) in [4.78, 5) is 18.2. The number of aromatic nitrogens is 1. The molecule has 0 radical (unpaired) electrons. The number of hydrogen-bond donors (Lipinski definition) is 1. The molecular formula is C14H13BrN2O2. The number of fused-ring (bicyclic) bond motifs is 1. The van der Waals surface area contributed by atoms with Gasteiger partial charge in [-0.25, -0.2) is 0 Å². The molecule has 1 atom stereocenters. The molecule has 1 unspecified atom stereocenters. The summed E-state index contributed by atoms with van der Waals surface area (Å²) >= 11 is 3.40. The maximum Gasteiger partial charge on any atom is 0.227 e. The predicted octanol–water partition coefficient (Wildman–Crippen LogP) is 2.34. The lowest BCUT2D eigenvalue weighted by Gasteiger charge is -2.18. The highest BCUT2D eigenvalue weighted by Crippen LogP contribution is 2.31. The molecule has 98 valence electrons. The normalized spacial score (nSPS) is 19.4. The minimum Gasteiger partial charge on any atom is -0.396 e. The van der Waals surface area contributed by atoms with Crippen LogP contribution in [0.1, 0.15) is 6.42 Å². The van der Waals surface area contributed by atoms with Gasteiger partial charge in [-0.05, 0) is 28.1 Å². The van der Waals surface area contributed by atoms with Gasteiger partial charge in [-0.15, -0.1) is 0 Å². The molecule has 1 fully saturated rings. The first kappa shape index (κ1) is 12.6. The third kappa shape index (κ3) is 2.24. The van der Waals surface area contributed by atoms with Crippen LogP contribution >= 0.6 is 15.9 Å². The number of rotatable bonds is 2. The molecule has 4 nitrogen and oxygen atoms in total. The molecule has 3 rings (SSSR count). The number of benzene rings is 1. The van der Waals surface area contributed by atoms with Crippen molar-refractivity contribution in [1.29, 1.82) is 0 Å². The number of aliphatic hydroxyl groups is 1. The molecule has 2 aromatic rings. The van der Waals surface area contributed by atoms with Crippen molar-refractivity contribution in [2.75, 3.05) is 18.1 Å². The van der Waals surface area contributed by atoms with Crippen molar-refractivity contribution in [3.05, 3.63) is 34.9 Å². The maximum absolute atomic E-state index is 12.0. The number of anilines is 1. The Hall–Kier alpha value is -1.46. The first-order valence-electron chi connectivity index (χ1n) is 6.14. The van der Waals surface area contributed by atoms with Gasteiger partial charge >= 0.3 is 0 Å². The highest BCUT2D eigenvalue weighted by atomic mass is 79.9. The molecule has 1 amide bonds. The molecule has 0 saturated carbocycles. The second-order valence-electron chi connectivity index (χ2n) is 4.76. The average molecular weight is 321 g/mol. The molecule has 1 aromatic carbocycles. The fourth-order valence-corrected chi connectivity index (χ4v) is 2.82. The smallest absolute Gasteiger partial charge is 0.227 e. The largest absolute Gasteiger partial charge is 0.396 e. The van der Waals surface area contributed by atoms with Crippen LogP contribution in [0.3, 0.4) is 0 Å². The lowest BCUT2D eigenvalue weighted by molar-refractivity contribution is -0.117. The number of nitrogens with zero attached hydrogens (tertiary/aromatic N) is 2. The number of halogens is 1. The van der Waals surface area contributed by atoms with Crippen molar-refractivity contribution < 1.29 is 9.90 Å². The van der Waals surface area contributed by atoms with Crippen molar-refractivity contribution in [3.8, 4) is 0 Å². The van der Waals surface area contributed by atoms with E-state index in [9.17, 15) is 9.90 Å². The quantitative estimate of drug-likeness (QED) is 0.924. The van der Waals surface area contributed by atoms with Gasteiger partial charge in [0.25, 0.3) is 0 Å². The lowest BCUT2D eigenvalue weighted by Crippen LogP contribution is -2.25. The third-order valence-corrected chi connectivity index (χ3v) is 3.84. The highest BCUT2D eigenvalue weighted by molar-refractivity contribution is 9.10. The molecule has 0 bridgehead atoms. The fraction of sp³-hybridized carbons (Fsp3) is 0.286. The zero-order valence-electron chi connectivity index (χ0n) is 10.2. The van der Waals surface area contributed by atoms with E-state index in [0.717, 1.165) is 21.1 Å². The third-order valence-electron chi connectivity index (χ3n) is 3.41. The predicted molar refractivity (Wildman–Crippen MR) is 77.0 cm³/mol. The van der Waals surface area contributed by atoms with Crippen molar-refractivity contribution in [2.45, 2.75) is 6.42 Å². The summed E-state index contributed by atoms with van der Waals surface area (Å²) in [6, 6.07) is 7.78. The molecular weight excluding hydrogens is 308 g/mol. The van der Waals surface area contributed by atoms with Crippen LogP contribution < -0.4 is 4.90 Å². The molecule has 2 heterocycles. The average Bonchev–Trinajstić information content (AvgIpc) is 2.79. The fourth-order valence-electron chi connectivity index (χ4n) is 2.47. The van der Waals surface area contributed by atoms with Gasteiger partial charge in [0.2, 0.25) is 5.91 Å². The topological polar surface area (TPSA) is 53.4 Å². The Morgan fingerprint density at radius 3 is 3.05 bits per heavy atom. The van der Waals surface area contributed by atoms with Crippen LogP contribution in [0.5, 0.6) is 0 Å². The van der Waals surface area contributed by atoms with E-state index in [1.54, 1.807) is 11.1 Å². The zero-order chi connectivity index (χ0) is 13.4. The lowest BCUT2D eigenvalue weighted by atomic mass is 10.1. The van der Waals surface area contributed by atoms with Gasteiger partial charge in [0.05, 0.1) is 11.2 Å². The van der Waals surface area contributed by atoms with E-state index in [1.807, 2.05) is 24.3 Å². The molecule has 5 heteroatoms. The monoisotopic (exact) mass is 320 g/mol. The maximum atomic E-state index is 12.0. The molecule has 19 heavy (non-hydrogen) atoms. The first-order valence-corrected chi connectivity index (χ1v) is 6.94. The van der Waals surface area contributed by atoms with Crippen LogP contribution in [-0.2, 0) is 4.79 Å². The second-order valence-corrected chi connectivity index (χ2v) is 5.68. The Balaban J connectivity index is 2.08. The SMILES string of the molecule is O=C1CC(CO)CN1c1cccc2cc(Br)cnc12. The molecule has 0 aliphatic carbocycles. The van der Waals surface area contributed by atoms with Crippen LogP contribution in [-0.4, -0.2) is 29.1 Å². The van der Waals surface area contributed by atoms with Crippen molar-refractivity contribution in [2.24, 2.45) is 5.92 Å². The standard InChI is InChI=1S/C14H13BrN2O2/c15-11-5-10-2-1-3-12(14(10)16-6-11)17-7-9(8-18)4-13(17)19/h1-3,5-6,9,18H,4,7-8H2. The van der Waals surface area contributed by atoms with Crippen LogP contribution in [0.15, 0.2) is 34.9 Å². The van der Waals surface area contributed by atoms with E-state index in [4.69, 9.17) is 0 Å². The molecule has 1 aromatic heterocycles. The summed E-state index contributed by atoms with van der Waals surface area (Å²) in [6.45, 7) is 0.609. The Kier molecular flexibility index (Phi) is 3.24. The van der Waals surface area contributed by atoms with Gasteiger partial charge in [-0.3, -0.25) is 9.78 Å². The van der Waals surface area contributed by atoms with E-state index >= 15 is 0 Å². The summed E-state index contributed by atoms with van der Waals surface area (Å²) in [7, 11) is 0. The van der Waals surface area contributed by atoms with E-state index in [2.05, 4.69) is 20.9 Å². The number of pyridine rings is 1. The minimum absolute atomic E-state index is 0.0261. The Morgan fingerprint density at radius 1 is 1.47 bits per heavy atom. The highest BCUT2D eigenvalue weighted by Gasteiger charge is 2.31. The minimum atomic E-state index is 0.0261. The van der Waals surface area contributed by atoms with Crippen LogP contribution in [0.4, 0.5) is 5.69 Å². The van der Waals surface area contributed by atoms with Gasteiger partial charge in [0.15, 0.2) is 0 Å². The van der Waals surface area contributed by atoms with E-state index in [1.165, 1.54) is 0 Å². The van der Waals surface area contributed by atoms with Crippen LogP contribution in [0.2, 0.25) is 0 Å². The summed E-state index contributed by atoms with van der Waals surface area (Å²) in [5.74, 6) is 0.0782. The van der Waals surface area contributed by atoms with Gasteiger partial charge < -0.3 is 10.0 Å². The summed E-state index contributed by atoms with van der Waals surface area (Å²) in [5, 5.41) is 10.2. The Labute approximate surface area is 119 Å². The number of carbonyl (C=O) groups is 1. The number of para-hydroxylation sites is 1. The van der Waals surface area contributed by atoms with Gasteiger partial charge in [-0.2, -0.15) is 0 Å². The molecule has 1 N–H and O–H groups in total. The van der Waals surface area contributed by atoms with E-state index in [0.29, 0.717) is 13.0 Å². The number of carbonyl (C=O) groups excluding carboxylic acids is 1. The number of amides is 1. The summed E-state index contributed by atoms with van der Waals surface area (Å²) in [5.41, 5.74) is 1.64. The van der Waals surface area contributed by atoms with Crippen molar-refractivity contribution in [1.82, 2.24) is 4.98 Å². The van der Waals surface area contributed by atoms with E-state index in [-0.39, 0.29) is 18.4 Å². The van der Waals surface area contributed by atoms with Crippen molar-refractivity contribution >= 4 is 38.4 Å². The summed E-state index contributed by atoms with van der Waals surface area (Å²) in [6.07, 6.45) is 2.14. The number of hydrogen-bond acceptors (Lipinski definition) is 3. The number of aliphatic hydroxyl groups excluding tert-OH is 1. The molecule has 1 aliphatic rings. The Morgan fingerprint density at radius 2 is 2.32 bits per heavy atom. The molecule has 1 aliphatic heterocycles.